The van der Waals surface area contributed by atoms with Gasteiger partial charge in [0.25, 0.3) is 5.91 Å². The SMILES string of the molecule is CNC(=O)c1cccc(N2CC(S(=O)(=O)F)CC2=O)c1. The van der Waals surface area contributed by atoms with Crippen LogP contribution >= 0.6 is 0 Å². The van der Waals surface area contributed by atoms with Gasteiger partial charge in [0, 0.05) is 31.3 Å². The van der Waals surface area contributed by atoms with Crippen molar-refractivity contribution in [2.24, 2.45) is 0 Å². The van der Waals surface area contributed by atoms with Crippen molar-refractivity contribution in [2.45, 2.75) is 11.7 Å². The molecule has 0 aliphatic carbocycles. The summed E-state index contributed by atoms with van der Waals surface area (Å²) in [6.45, 7) is -0.241. The van der Waals surface area contributed by atoms with Crippen LogP contribution in [0.2, 0.25) is 0 Å². The van der Waals surface area contributed by atoms with Crippen LogP contribution in [-0.4, -0.2) is 39.1 Å². The second-order valence-corrected chi connectivity index (χ2v) is 6.05. The van der Waals surface area contributed by atoms with E-state index in [4.69, 9.17) is 0 Å². The van der Waals surface area contributed by atoms with Gasteiger partial charge in [-0.15, -0.1) is 3.89 Å². The molecule has 20 heavy (non-hydrogen) atoms. The molecule has 1 saturated heterocycles. The molecule has 108 valence electrons. The summed E-state index contributed by atoms with van der Waals surface area (Å²) in [5.41, 5.74) is 0.714. The van der Waals surface area contributed by atoms with E-state index in [0.717, 1.165) is 0 Å². The van der Waals surface area contributed by atoms with Crippen molar-refractivity contribution in [1.29, 1.82) is 0 Å². The quantitative estimate of drug-likeness (QED) is 0.822. The van der Waals surface area contributed by atoms with Gasteiger partial charge in [0.15, 0.2) is 0 Å². The lowest BCUT2D eigenvalue weighted by Gasteiger charge is -2.16. The number of anilines is 1. The molecule has 1 heterocycles. The van der Waals surface area contributed by atoms with E-state index < -0.39 is 21.4 Å². The third-order valence-corrected chi connectivity index (χ3v) is 4.25. The first-order chi connectivity index (χ1) is 9.32. The van der Waals surface area contributed by atoms with Gasteiger partial charge in [-0.3, -0.25) is 9.59 Å². The number of nitrogens with one attached hydrogen (secondary N) is 1. The number of hydrogen-bond donors (Lipinski definition) is 1. The second kappa shape index (κ2) is 5.20. The topological polar surface area (TPSA) is 83.6 Å². The first-order valence-electron chi connectivity index (χ1n) is 5.89. The van der Waals surface area contributed by atoms with Crippen molar-refractivity contribution in [3.05, 3.63) is 29.8 Å². The molecular weight excluding hydrogens is 287 g/mol. The number of amides is 2. The second-order valence-electron chi connectivity index (χ2n) is 4.44. The number of benzene rings is 1. The van der Waals surface area contributed by atoms with Crippen LogP contribution in [0.3, 0.4) is 0 Å². The number of carbonyl (C=O) groups excluding carboxylic acids is 2. The Kier molecular flexibility index (Phi) is 3.76. The van der Waals surface area contributed by atoms with Crippen LogP contribution in [0.5, 0.6) is 0 Å². The number of nitrogens with zero attached hydrogens (tertiary/aromatic N) is 1. The summed E-state index contributed by atoms with van der Waals surface area (Å²) < 4.78 is 34.7. The zero-order valence-electron chi connectivity index (χ0n) is 10.7. The van der Waals surface area contributed by atoms with Crippen LogP contribution in [0.1, 0.15) is 16.8 Å². The molecule has 2 rings (SSSR count). The average molecular weight is 300 g/mol. The molecule has 1 atom stereocenters. The van der Waals surface area contributed by atoms with Gasteiger partial charge in [-0.25, -0.2) is 0 Å². The first-order valence-corrected chi connectivity index (χ1v) is 7.33. The molecule has 0 radical (unpaired) electrons. The zero-order valence-corrected chi connectivity index (χ0v) is 11.5. The van der Waals surface area contributed by atoms with Gasteiger partial charge >= 0.3 is 10.2 Å². The lowest BCUT2D eigenvalue weighted by atomic mass is 10.2. The summed E-state index contributed by atoms with van der Waals surface area (Å²) in [5.74, 6) is -0.807. The highest BCUT2D eigenvalue weighted by Gasteiger charge is 2.39. The maximum Gasteiger partial charge on any atom is 0.307 e. The fourth-order valence-corrected chi connectivity index (χ4v) is 2.74. The van der Waals surface area contributed by atoms with E-state index in [2.05, 4.69) is 5.32 Å². The van der Waals surface area contributed by atoms with E-state index in [-0.39, 0.29) is 18.9 Å². The van der Waals surface area contributed by atoms with Crippen molar-refractivity contribution >= 4 is 27.7 Å². The highest BCUT2D eigenvalue weighted by atomic mass is 32.3. The van der Waals surface area contributed by atoms with Crippen LogP contribution in [0.4, 0.5) is 9.57 Å². The van der Waals surface area contributed by atoms with E-state index in [1.54, 1.807) is 18.2 Å². The highest BCUT2D eigenvalue weighted by Crippen LogP contribution is 2.26. The Morgan fingerprint density at radius 1 is 1.45 bits per heavy atom. The summed E-state index contributed by atoms with van der Waals surface area (Å²) in [6.07, 6.45) is -0.386. The maximum atomic E-state index is 12.9. The lowest BCUT2D eigenvalue weighted by Crippen LogP contribution is -2.27. The molecule has 1 N–H and O–H groups in total. The van der Waals surface area contributed by atoms with E-state index >= 15 is 0 Å². The van der Waals surface area contributed by atoms with Crippen LogP contribution in [-0.2, 0) is 15.0 Å². The Bertz CT molecular complexity index is 659. The summed E-state index contributed by atoms with van der Waals surface area (Å²) in [7, 11) is -3.28. The monoisotopic (exact) mass is 300 g/mol. The van der Waals surface area contributed by atoms with E-state index in [1.807, 2.05) is 0 Å². The molecular formula is C12H13FN2O4S. The number of hydrogen-bond acceptors (Lipinski definition) is 4. The molecule has 1 unspecified atom stereocenters. The largest absolute Gasteiger partial charge is 0.355 e. The van der Waals surface area contributed by atoms with E-state index in [0.29, 0.717) is 11.3 Å². The van der Waals surface area contributed by atoms with Crippen molar-refractivity contribution in [3.8, 4) is 0 Å². The van der Waals surface area contributed by atoms with Gasteiger partial charge in [0.2, 0.25) is 5.91 Å². The van der Waals surface area contributed by atoms with Gasteiger partial charge in [0.05, 0.1) is 0 Å². The van der Waals surface area contributed by atoms with Crippen LogP contribution in [0.15, 0.2) is 24.3 Å². The number of rotatable bonds is 3. The van der Waals surface area contributed by atoms with E-state index in [9.17, 15) is 21.9 Å². The average Bonchev–Trinajstić information content (AvgIpc) is 2.80. The smallest absolute Gasteiger partial charge is 0.307 e. The molecule has 1 aromatic carbocycles. The molecule has 0 spiro atoms. The molecule has 1 aromatic rings. The molecule has 0 aromatic heterocycles. The standard InChI is InChI=1S/C12H13FN2O4S/c1-14-12(17)8-3-2-4-9(5-8)15-7-10(6-11(15)16)20(13,18)19/h2-5,10H,6-7H2,1H3,(H,14,17). The Morgan fingerprint density at radius 3 is 2.70 bits per heavy atom. The van der Waals surface area contributed by atoms with Crippen LogP contribution < -0.4 is 10.2 Å². The minimum absolute atomic E-state index is 0.241. The van der Waals surface area contributed by atoms with Gasteiger partial charge < -0.3 is 10.2 Å². The molecule has 2 amide bonds. The van der Waals surface area contributed by atoms with Gasteiger partial charge in [-0.2, -0.15) is 8.42 Å². The molecule has 0 saturated carbocycles. The first kappa shape index (κ1) is 14.4. The number of halogens is 1. The third kappa shape index (κ3) is 2.79. The third-order valence-electron chi connectivity index (χ3n) is 3.13. The predicted octanol–water partition coefficient (Wildman–Crippen LogP) is 0.451. The summed E-state index contributed by atoms with van der Waals surface area (Å²) in [6, 6.07) is 6.16. The normalized spacial score (nSPS) is 19.2. The zero-order chi connectivity index (χ0) is 14.9. The highest BCUT2D eigenvalue weighted by molar-refractivity contribution is 7.87. The molecule has 6 nitrogen and oxygen atoms in total. The molecule has 1 fully saturated rings. The summed E-state index contributed by atoms with van der Waals surface area (Å²) in [5, 5.41) is 1.10. The minimum atomic E-state index is -4.75. The summed E-state index contributed by atoms with van der Waals surface area (Å²) >= 11 is 0. The summed E-state index contributed by atoms with van der Waals surface area (Å²) in [4.78, 5) is 24.5. The molecule has 1 aliphatic rings. The Balaban J connectivity index is 2.29. The lowest BCUT2D eigenvalue weighted by molar-refractivity contribution is -0.117. The van der Waals surface area contributed by atoms with Gasteiger partial charge in [0.1, 0.15) is 5.25 Å². The Morgan fingerprint density at radius 2 is 2.15 bits per heavy atom. The van der Waals surface area contributed by atoms with E-state index in [1.165, 1.54) is 18.0 Å². The van der Waals surface area contributed by atoms with Crippen molar-refractivity contribution in [2.75, 3.05) is 18.5 Å². The van der Waals surface area contributed by atoms with Gasteiger partial charge in [-0.05, 0) is 18.2 Å². The van der Waals surface area contributed by atoms with Crippen LogP contribution in [0.25, 0.3) is 0 Å². The van der Waals surface area contributed by atoms with Crippen molar-refractivity contribution < 1.29 is 21.9 Å². The maximum absolute atomic E-state index is 12.9. The Hall–Kier alpha value is -1.96. The van der Waals surface area contributed by atoms with Gasteiger partial charge in [-0.1, -0.05) is 6.07 Å². The van der Waals surface area contributed by atoms with Crippen molar-refractivity contribution in [3.63, 3.8) is 0 Å². The minimum Gasteiger partial charge on any atom is -0.355 e. The molecule has 0 bridgehead atoms. The molecule has 1 aliphatic heterocycles. The van der Waals surface area contributed by atoms with Crippen molar-refractivity contribution in [1.82, 2.24) is 5.32 Å². The number of carbonyl (C=O) groups is 2. The fraction of sp³-hybridized carbons (Fsp3) is 0.333. The molecule has 8 heteroatoms. The Labute approximate surface area is 115 Å². The van der Waals surface area contributed by atoms with Crippen LogP contribution in [0, 0.1) is 0 Å². The predicted molar refractivity (Wildman–Crippen MR) is 70.6 cm³/mol. The fourth-order valence-electron chi connectivity index (χ4n) is 2.07.